The van der Waals surface area contributed by atoms with Crippen LogP contribution in [-0.4, -0.2) is 64.2 Å². The highest BCUT2D eigenvalue weighted by Gasteiger charge is 2.24. The monoisotopic (exact) mass is 668 g/mol. The molecule has 14 heteroatoms. The number of piperidine rings is 1. The van der Waals surface area contributed by atoms with E-state index in [0.717, 1.165) is 18.3 Å². The molecule has 4 aromatic rings. The molecule has 1 aliphatic rings. The molecule has 2 aromatic carbocycles. The first-order valence-electron chi connectivity index (χ1n) is 15.1. The lowest BCUT2D eigenvalue weighted by Crippen LogP contribution is -2.42. The lowest BCUT2D eigenvalue weighted by atomic mass is 10.1. The van der Waals surface area contributed by atoms with Crippen LogP contribution in [0.1, 0.15) is 41.4 Å². The summed E-state index contributed by atoms with van der Waals surface area (Å²) in [4.78, 5) is 35.6. The molecule has 0 bridgehead atoms. The number of nitrogens with zero attached hydrogens (tertiary/aromatic N) is 4. The molecule has 1 saturated heterocycles. The minimum atomic E-state index is -0.696. The second-order valence-electron chi connectivity index (χ2n) is 10.9. The number of likely N-dealkylation sites (tertiary alicyclic amines) is 1. The van der Waals surface area contributed by atoms with E-state index >= 15 is 0 Å². The number of aromatic nitrogens is 3. The number of ether oxygens (including phenoxy) is 3. The van der Waals surface area contributed by atoms with Crippen LogP contribution in [0.5, 0.6) is 11.8 Å². The molecule has 2 aromatic heterocycles. The summed E-state index contributed by atoms with van der Waals surface area (Å²) in [7, 11) is 1.31. The Kier molecular flexibility index (Phi) is 11.2. The molecule has 1 fully saturated rings. The fourth-order valence-electron chi connectivity index (χ4n) is 5.12. The van der Waals surface area contributed by atoms with Crippen LogP contribution in [0.15, 0.2) is 61.1 Å². The van der Waals surface area contributed by atoms with Gasteiger partial charge in [-0.15, -0.1) is 0 Å². The normalized spacial score (nSPS) is 13.6. The summed E-state index contributed by atoms with van der Waals surface area (Å²) in [5.41, 5.74) is 2.62. The number of benzene rings is 2. The highest BCUT2D eigenvalue weighted by Crippen LogP contribution is 2.26. The maximum Gasteiger partial charge on any atom is 0.337 e. The molecular weight excluding hydrogens is 634 g/mol. The molecule has 0 radical (unpaired) electrons. The van der Waals surface area contributed by atoms with Crippen molar-refractivity contribution >= 4 is 34.9 Å². The van der Waals surface area contributed by atoms with Crippen molar-refractivity contribution in [1.82, 2.24) is 19.4 Å². The number of methoxy groups -OCH3 is 1. The third-order valence-corrected chi connectivity index (χ3v) is 7.91. The molecular formula is C33H35ClF2N6O5. The first kappa shape index (κ1) is 33.6. The van der Waals surface area contributed by atoms with E-state index in [9.17, 15) is 18.4 Å². The Morgan fingerprint density at radius 2 is 1.85 bits per heavy atom. The van der Waals surface area contributed by atoms with Crippen molar-refractivity contribution in [2.75, 3.05) is 37.4 Å². The number of aryl methyl sites for hydroxylation is 1. The maximum atomic E-state index is 14.3. The highest BCUT2D eigenvalue weighted by atomic mass is 35.5. The van der Waals surface area contributed by atoms with E-state index in [0.29, 0.717) is 49.4 Å². The summed E-state index contributed by atoms with van der Waals surface area (Å²) < 4.78 is 46.7. The summed E-state index contributed by atoms with van der Waals surface area (Å²) in [6.45, 7) is 4.32. The maximum absolute atomic E-state index is 14.3. The standard InChI is InChI=1S/C33H35ClF2N6O5/c1-3-42-20-37-16-24(42)17-38-29-14-21(33(44)45-2)5-8-28(29)39-30(43)18-41-12-10-25(11-13-41)47-31-9-7-26(35)32(40-31)46-19-22-4-6-23(34)15-27(22)36/h4-9,14-16,20,25,38H,3,10-13,17-19H2,1-2H3,(H,39,43). The molecule has 0 aliphatic carbocycles. The van der Waals surface area contributed by atoms with Gasteiger partial charge in [0.15, 0.2) is 5.82 Å². The van der Waals surface area contributed by atoms with Crippen molar-refractivity contribution in [3.8, 4) is 11.8 Å². The van der Waals surface area contributed by atoms with Crippen molar-refractivity contribution in [3.05, 3.63) is 94.5 Å². The summed E-state index contributed by atoms with van der Waals surface area (Å²) in [5.74, 6) is -2.06. The minimum absolute atomic E-state index is 0.154. The smallest absolute Gasteiger partial charge is 0.337 e. The number of hydrogen-bond donors (Lipinski definition) is 2. The lowest BCUT2D eigenvalue weighted by molar-refractivity contribution is -0.117. The second kappa shape index (κ2) is 15.7. The number of carbonyl (C=O) groups excluding carboxylic acids is 2. The van der Waals surface area contributed by atoms with E-state index in [1.54, 1.807) is 30.7 Å². The SMILES string of the molecule is CCn1cncc1CNc1cc(C(=O)OC)ccc1NC(=O)CN1CCC(Oc2ccc(F)c(OCc3ccc(Cl)cc3F)n2)CC1. The van der Waals surface area contributed by atoms with Crippen LogP contribution < -0.4 is 20.1 Å². The molecule has 0 atom stereocenters. The molecule has 0 spiro atoms. The van der Waals surface area contributed by atoms with Crippen LogP contribution in [0.4, 0.5) is 20.2 Å². The van der Waals surface area contributed by atoms with E-state index in [2.05, 4.69) is 20.6 Å². The fourth-order valence-corrected chi connectivity index (χ4v) is 5.28. The van der Waals surface area contributed by atoms with E-state index in [-0.39, 0.29) is 47.5 Å². The van der Waals surface area contributed by atoms with Crippen molar-refractivity contribution in [2.45, 2.75) is 45.6 Å². The van der Waals surface area contributed by atoms with Crippen LogP contribution in [0.2, 0.25) is 5.02 Å². The van der Waals surface area contributed by atoms with Gasteiger partial charge in [0.2, 0.25) is 11.8 Å². The Balaban J connectivity index is 1.13. The van der Waals surface area contributed by atoms with Gasteiger partial charge in [-0.1, -0.05) is 17.7 Å². The van der Waals surface area contributed by atoms with Crippen LogP contribution in [0, 0.1) is 11.6 Å². The summed E-state index contributed by atoms with van der Waals surface area (Å²) in [5, 5.41) is 6.51. The summed E-state index contributed by atoms with van der Waals surface area (Å²) in [6, 6.07) is 11.7. The van der Waals surface area contributed by atoms with Gasteiger partial charge in [-0.25, -0.2) is 18.6 Å². The molecule has 0 saturated carbocycles. The Bertz CT molecular complexity index is 1710. The quantitative estimate of drug-likeness (QED) is 0.173. The molecule has 3 heterocycles. The molecule has 248 valence electrons. The predicted molar refractivity (Wildman–Crippen MR) is 172 cm³/mol. The molecule has 1 aliphatic heterocycles. The Morgan fingerprint density at radius 1 is 1.04 bits per heavy atom. The van der Waals surface area contributed by atoms with Gasteiger partial charge in [-0.2, -0.15) is 4.98 Å². The van der Waals surface area contributed by atoms with Crippen molar-refractivity contribution in [3.63, 3.8) is 0 Å². The van der Waals surface area contributed by atoms with Crippen LogP contribution >= 0.6 is 11.6 Å². The van der Waals surface area contributed by atoms with E-state index in [1.165, 1.54) is 31.4 Å². The Hall–Kier alpha value is -4.75. The highest BCUT2D eigenvalue weighted by molar-refractivity contribution is 6.30. The summed E-state index contributed by atoms with van der Waals surface area (Å²) in [6.07, 6.45) is 4.53. The average molecular weight is 669 g/mol. The van der Waals surface area contributed by atoms with Gasteiger partial charge in [-0.3, -0.25) is 9.69 Å². The molecule has 2 N–H and O–H groups in total. The number of halogens is 3. The number of amides is 1. The van der Waals surface area contributed by atoms with Gasteiger partial charge < -0.3 is 29.4 Å². The van der Waals surface area contributed by atoms with E-state index in [1.807, 2.05) is 16.4 Å². The first-order valence-corrected chi connectivity index (χ1v) is 15.5. The zero-order valence-corrected chi connectivity index (χ0v) is 26.7. The Morgan fingerprint density at radius 3 is 2.60 bits per heavy atom. The molecule has 0 unspecified atom stereocenters. The number of imidazole rings is 1. The van der Waals surface area contributed by atoms with Gasteiger partial charge in [0.25, 0.3) is 5.88 Å². The number of carbonyl (C=O) groups is 2. The van der Waals surface area contributed by atoms with Gasteiger partial charge in [-0.05, 0) is 56.2 Å². The van der Waals surface area contributed by atoms with E-state index < -0.39 is 17.6 Å². The van der Waals surface area contributed by atoms with E-state index in [4.69, 9.17) is 25.8 Å². The van der Waals surface area contributed by atoms with Gasteiger partial charge >= 0.3 is 5.97 Å². The summed E-state index contributed by atoms with van der Waals surface area (Å²) >= 11 is 5.79. The lowest BCUT2D eigenvalue weighted by Gasteiger charge is -2.31. The number of hydrogen-bond acceptors (Lipinski definition) is 9. The number of esters is 1. The number of nitrogens with one attached hydrogen (secondary N) is 2. The topological polar surface area (TPSA) is 120 Å². The average Bonchev–Trinajstić information content (AvgIpc) is 3.53. The fraction of sp³-hybridized carbons (Fsp3) is 0.333. The first-order chi connectivity index (χ1) is 22.7. The van der Waals surface area contributed by atoms with Crippen LogP contribution in [-0.2, 0) is 29.2 Å². The van der Waals surface area contributed by atoms with Crippen molar-refractivity contribution in [2.24, 2.45) is 0 Å². The number of pyridine rings is 1. The van der Waals surface area contributed by atoms with Crippen LogP contribution in [0.25, 0.3) is 0 Å². The number of rotatable bonds is 13. The van der Waals surface area contributed by atoms with Gasteiger partial charge in [0.05, 0.1) is 49.2 Å². The number of anilines is 2. The van der Waals surface area contributed by atoms with Crippen molar-refractivity contribution in [1.29, 1.82) is 0 Å². The van der Waals surface area contributed by atoms with Gasteiger partial charge in [0.1, 0.15) is 18.5 Å². The molecule has 1 amide bonds. The van der Waals surface area contributed by atoms with Gasteiger partial charge in [0, 0.05) is 42.5 Å². The molecule has 47 heavy (non-hydrogen) atoms. The zero-order valence-electron chi connectivity index (χ0n) is 26.0. The molecule has 5 rings (SSSR count). The predicted octanol–water partition coefficient (Wildman–Crippen LogP) is 5.69. The second-order valence-corrected chi connectivity index (χ2v) is 11.3. The zero-order chi connectivity index (χ0) is 33.3. The largest absolute Gasteiger partial charge is 0.474 e. The van der Waals surface area contributed by atoms with Crippen LogP contribution in [0.3, 0.4) is 0 Å². The molecule has 11 nitrogen and oxygen atoms in total. The minimum Gasteiger partial charge on any atom is -0.474 e. The third-order valence-electron chi connectivity index (χ3n) is 7.67. The Labute approximate surface area is 275 Å². The third kappa shape index (κ3) is 8.95. The van der Waals surface area contributed by atoms with Crippen molar-refractivity contribution < 1.29 is 32.6 Å².